The molecular weight excluding hydrogens is 300 g/mol. The molecule has 1 aromatic carbocycles. The van der Waals surface area contributed by atoms with Gasteiger partial charge in [-0.1, -0.05) is 12.8 Å². The van der Waals surface area contributed by atoms with Crippen LogP contribution in [0.5, 0.6) is 0 Å². The van der Waals surface area contributed by atoms with Crippen LogP contribution in [0, 0.1) is 0 Å². The molecule has 1 fully saturated rings. The first-order valence-corrected chi connectivity index (χ1v) is 9.16. The standard InChI is InChI=1S/C16H24N2O3S/c1-16(2,3)18-15(19)17-12-8-10-14(11-9-12)22(20,21)13-6-4-5-7-13/h8-11,13H,4-7H2,1-3H3,(H2,17,18,19). The molecule has 2 N–H and O–H groups in total. The Labute approximate surface area is 132 Å². The summed E-state index contributed by atoms with van der Waals surface area (Å²) in [5, 5.41) is 5.24. The fourth-order valence-electron chi connectivity index (χ4n) is 2.62. The van der Waals surface area contributed by atoms with Crippen molar-refractivity contribution in [2.45, 2.75) is 62.1 Å². The molecule has 122 valence electrons. The summed E-state index contributed by atoms with van der Waals surface area (Å²) in [7, 11) is -3.24. The van der Waals surface area contributed by atoms with Crippen molar-refractivity contribution < 1.29 is 13.2 Å². The molecule has 5 nitrogen and oxygen atoms in total. The number of anilines is 1. The number of nitrogens with one attached hydrogen (secondary N) is 2. The average Bonchev–Trinajstić information content (AvgIpc) is 2.91. The van der Waals surface area contributed by atoms with Crippen LogP contribution in [0.25, 0.3) is 0 Å². The fourth-order valence-corrected chi connectivity index (χ4v) is 4.48. The lowest BCUT2D eigenvalue weighted by Crippen LogP contribution is -2.43. The van der Waals surface area contributed by atoms with E-state index in [9.17, 15) is 13.2 Å². The Hall–Kier alpha value is -1.56. The highest BCUT2D eigenvalue weighted by molar-refractivity contribution is 7.92. The molecule has 0 heterocycles. The Morgan fingerprint density at radius 3 is 2.14 bits per heavy atom. The molecule has 0 spiro atoms. The van der Waals surface area contributed by atoms with Crippen LogP contribution in [-0.2, 0) is 9.84 Å². The number of hydrogen-bond acceptors (Lipinski definition) is 3. The van der Waals surface area contributed by atoms with E-state index in [-0.39, 0.29) is 16.8 Å². The van der Waals surface area contributed by atoms with Crippen molar-refractivity contribution in [2.75, 3.05) is 5.32 Å². The number of amides is 2. The largest absolute Gasteiger partial charge is 0.333 e. The van der Waals surface area contributed by atoms with Gasteiger partial charge >= 0.3 is 6.03 Å². The van der Waals surface area contributed by atoms with Crippen molar-refractivity contribution in [2.24, 2.45) is 0 Å². The maximum absolute atomic E-state index is 12.5. The van der Waals surface area contributed by atoms with E-state index in [1.54, 1.807) is 24.3 Å². The molecule has 0 aromatic heterocycles. The molecule has 1 aliphatic rings. The van der Waals surface area contributed by atoms with Gasteiger partial charge in [-0.15, -0.1) is 0 Å². The molecule has 0 unspecified atom stereocenters. The number of carbonyl (C=O) groups excluding carboxylic acids is 1. The highest BCUT2D eigenvalue weighted by Crippen LogP contribution is 2.30. The van der Waals surface area contributed by atoms with Crippen LogP contribution in [0.1, 0.15) is 46.5 Å². The molecular formula is C16H24N2O3S. The van der Waals surface area contributed by atoms with Gasteiger partial charge in [0.15, 0.2) is 9.84 Å². The Balaban J connectivity index is 2.06. The number of benzene rings is 1. The maximum Gasteiger partial charge on any atom is 0.319 e. The highest BCUT2D eigenvalue weighted by atomic mass is 32.2. The molecule has 2 amide bonds. The van der Waals surface area contributed by atoms with Crippen molar-refractivity contribution in [1.82, 2.24) is 5.32 Å². The Kier molecular flexibility index (Phi) is 4.80. The molecule has 0 radical (unpaired) electrons. The van der Waals surface area contributed by atoms with Gasteiger partial charge < -0.3 is 10.6 Å². The van der Waals surface area contributed by atoms with Crippen LogP contribution < -0.4 is 10.6 Å². The van der Waals surface area contributed by atoms with Crippen molar-refractivity contribution in [3.8, 4) is 0 Å². The van der Waals surface area contributed by atoms with Crippen LogP contribution in [0.15, 0.2) is 29.2 Å². The van der Waals surface area contributed by atoms with E-state index in [0.29, 0.717) is 10.6 Å². The summed E-state index contributed by atoms with van der Waals surface area (Å²) in [6, 6.07) is 6.09. The summed E-state index contributed by atoms with van der Waals surface area (Å²) >= 11 is 0. The molecule has 2 rings (SSSR count). The summed E-state index contributed by atoms with van der Waals surface area (Å²) in [6.45, 7) is 5.68. The molecule has 6 heteroatoms. The second-order valence-corrected chi connectivity index (χ2v) is 9.03. The molecule has 1 aromatic rings. The van der Waals surface area contributed by atoms with Gasteiger partial charge in [0, 0.05) is 11.2 Å². The van der Waals surface area contributed by atoms with E-state index < -0.39 is 9.84 Å². The zero-order valence-electron chi connectivity index (χ0n) is 13.3. The predicted molar refractivity (Wildman–Crippen MR) is 87.8 cm³/mol. The second kappa shape index (κ2) is 6.28. The average molecular weight is 324 g/mol. The number of rotatable bonds is 3. The van der Waals surface area contributed by atoms with E-state index in [1.165, 1.54) is 0 Å². The lowest BCUT2D eigenvalue weighted by atomic mass is 10.1. The van der Waals surface area contributed by atoms with Crippen LogP contribution in [-0.4, -0.2) is 25.2 Å². The van der Waals surface area contributed by atoms with E-state index in [1.807, 2.05) is 20.8 Å². The zero-order chi connectivity index (χ0) is 16.4. The van der Waals surface area contributed by atoms with Crippen molar-refractivity contribution in [1.29, 1.82) is 0 Å². The lowest BCUT2D eigenvalue weighted by Gasteiger charge is -2.20. The van der Waals surface area contributed by atoms with Crippen LogP contribution >= 0.6 is 0 Å². The summed E-state index contributed by atoms with van der Waals surface area (Å²) in [6.07, 6.45) is 3.46. The number of hydrogen-bond donors (Lipinski definition) is 2. The SMILES string of the molecule is CC(C)(C)NC(=O)Nc1ccc(S(=O)(=O)C2CCCC2)cc1. The third-order valence-electron chi connectivity index (χ3n) is 3.67. The fraction of sp³-hybridized carbons (Fsp3) is 0.562. The van der Waals surface area contributed by atoms with Crippen LogP contribution in [0.4, 0.5) is 10.5 Å². The molecule has 0 bridgehead atoms. The third-order valence-corrected chi connectivity index (χ3v) is 5.95. The van der Waals surface area contributed by atoms with Crippen molar-refractivity contribution in [3.05, 3.63) is 24.3 Å². The molecule has 1 saturated carbocycles. The first-order valence-electron chi connectivity index (χ1n) is 7.62. The van der Waals surface area contributed by atoms with Gasteiger partial charge in [0.2, 0.25) is 0 Å². The Morgan fingerprint density at radius 1 is 1.09 bits per heavy atom. The van der Waals surface area contributed by atoms with E-state index >= 15 is 0 Å². The monoisotopic (exact) mass is 324 g/mol. The first kappa shape index (κ1) is 16.8. The summed E-state index contributed by atoms with van der Waals surface area (Å²) in [4.78, 5) is 12.1. The molecule has 22 heavy (non-hydrogen) atoms. The van der Waals surface area contributed by atoms with E-state index in [2.05, 4.69) is 10.6 Å². The van der Waals surface area contributed by atoms with Crippen LogP contribution in [0.3, 0.4) is 0 Å². The Bertz CT molecular complexity index is 624. The lowest BCUT2D eigenvalue weighted by molar-refractivity contribution is 0.244. The van der Waals surface area contributed by atoms with Gasteiger partial charge in [-0.25, -0.2) is 13.2 Å². The smallest absolute Gasteiger partial charge is 0.319 e. The molecule has 0 saturated heterocycles. The van der Waals surface area contributed by atoms with Gasteiger partial charge in [0.25, 0.3) is 0 Å². The minimum Gasteiger partial charge on any atom is -0.333 e. The summed E-state index contributed by atoms with van der Waals surface area (Å²) in [5.74, 6) is 0. The third kappa shape index (κ3) is 4.22. The highest BCUT2D eigenvalue weighted by Gasteiger charge is 2.30. The van der Waals surface area contributed by atoms with Crippen molar-refractivity contribution >= 4 is 21.6 Å². The topological polar surface area (TPSA) is 75.3 Å². The van der Waals surface area contributed by atoms with Crippen molar-refractivity contribution in [3.63, 3.8) is 0 Å². The van der Waals surface area contributed by atoms with Crippen LogP contribution in [0.2, 0.25) is 0 Å². The normalized spacial score (nSPS) is 16.5. The maximum atomic E-state index is 12.5. The quantitative estimate of drug-likeness (QED) is 0.895. The van der Waals surface area contributed by atoms with Gasteiger partial charge in [-0.05, 0) is 57.9 Å². The summed E-state index contributed by atoms with van der Waals surface area (Å²) < 4.78 is 24.9. The van der Waals surface area contributed by atoms with E-state index in [4.69, 9.17) is 0 Å². The minimum absolute atomic E-state index is 0.254. The zero-order valence-corrected chi connectivity index (χ0v) is 14.2. The number of carbonyl (C=O) groups is 1. The van der Waals surface area contributed by atoms with Gasteiger partial charge in [-0.2, -0.15) is 0 Å². The number of urea groups is 1. The Morgan fingerprint density at radius 2 is 1.64 bits per heavy atom. The predicted octanol–water partition coefficient (Wildman–Crippen LogP) is 3.32. The summed E-state index contributed by atoms with van der Waals surface area (Å²) in [5.41, 5.74) is 0.252. The molecule has 1 aliphatic carbocycles. The molecule has 0 aliphatic heterocycles. The number of sulfone groups is 1. The van der Waals surface area contributed by atoms with Gasteiger partial charge in [-0.3, -0.25) is 0 Å². The van der Waals surface area contributed by atoms with Gasteiger partial charge in [0.1, 0.15) is 0 Å². The first-order chi connectivity index (χ1) is 10.2. The second-order valence-electron chi connectivity index (χ2n) is 6.80. The minimum atomic E-state index is -3.24. The van der Waals surface area contributed by atoms with E-state index in [0.717, 1.165) is 25.7 Å². The molecule has 0 atom stereocenters. The van der Waals surface area contributed by atoms with Gasteiger partial charge in [0.05, 0.1) is 10.1 Å².